The predicted molar refractivity (Wildman–Crippen MR) is 74.1 cm³/mol. The Morgan fingerprint density at radius 1 is 1.48 bits per heavy atom. The lowest BCUT2D eigenvalue weighted by Gasteiger charge is -2.30. The van der Waals surface area contributed by atoms with E-state index >= 15 is 0 Å². The van der Waals surface area contributed by atoms with Gasteiger partial charge in [-0.15, -0.1) is 4.74 Å². The molecule has 1 aromatic rings. The van der Waals surface area contributed by atoms with Crippen molar-refractivity contribution < 1.29 is 18.8 Å². The van der Waals surface area contributed by atoms with Crippen molar-refractivity contribution in [3.63, 3.8) is 0 Å². The molecule has 0 radical (unpaired) electrons. The maximum absolute atomic E-state index is 12.1. The average Bonchev–Trinajstić information content (AvgIpc) is 2.78. The van der Waals surface area contributed by atoms with E-state index in [1.807, 2.05) is 4.90 Å². The number of carbonyl (C=O) groups excluding carboxylic acids is 2. The minimum absolute atomic E-state index is 0.0583. The van der Waals surface area contributed by atoms with E-state index in [1.54, 1.807) is 13.8 Å². The van der Waals surface area contributed by atoms with Gasteiger partial charge in [0.1, 0.15) is 5.76 Å². The topological polar surface area (TPSA) is 81.8 Å². The van der Waals surface area contributed by atoms with Crippen LogP contribution in [0.25, 0.3) is 0 Å². The zero-order chi connectivity index (χ0) is 15.4. The Labute approximate surface area is 122 Å². The maximum Gasteiger partial charge on any atom is 0.310 e. The van der Waals surface area contributed by atoms with Crippen LogP contribution < -0.4 is 5.56 Å². The fraction of sp³-hybridized carbons (Fsp3) is 0.643. The SMILES string of the molecule is CCOC(=O)[C@H]1CCCN(CC(=O)n2oc(C)cc2=O)C1. The Morgan fingerprint density at radius 2 is 2.24 bits per heavy atom. The van der Waals surface area contributed by atoms with Crippen molar-refractivity contribution in [2.75, 3.05) is 26.2 Å². The van der Waals surface area contributed by atoms with Crippen molar-refractivity contribution >= 4 is 11.9 Å². The molecule has 1 saturated heterocycles. The van der Waals surface area contributed by atoms with Crippen LogP contribution >= 0.6 is 0 Å². The molecule has 0 saturated carbocycles. The predicted octanol–water partition coefficient (Wildman–Crippen LogP) is 0.665. The number of nitrogens with zero attached hydrogens (tertiary/aromatic N) is 2. The summed E-state index contributed by atoms with van der Waals surface area (Å²) in [6.07, 6.45) is 1.59. The molecule has 0 N–H and O–H groups in total. The highest BCUT2D eigenvalue weighted by atomic mass is 16.5. The number of likely N-dealkylation sites (tertiary alicyclic amines) is 1. The molecule has 1 atom stereocenters. The number of hydrogen-bond acceptors (Lipinski definition) is 6. The van der Waals surface area contributed by atoms with Crippen LogP contribution in [0.15, 0.2) is 15.4 Å². The lowest BCUT2D eigenvalue weighted by Crippen LogP contribution is -2.43. The molecule has 1 aliphatic rings. The van der Waals surface area contributed by atoms with E-state index in [2.05, 4.69) is 0 Å². The number of aromatic nitrogens is 1. The first kappa shape index (κ1) is 15.5. The van der Waals surface area contributed by atoms with Crippen LogP contribution in [-0.4, -0.2) is 47.8 Å². The van der Waals surface area contributed by atoms with E-state index < -0.39 is 11.5 Å². The third kappa shape index (κ3) is 3.81. The fourth-order valence-corrected chi connectivity index (χ4v) is 2.53. The van der Waals surface area contributed by atoms with Crippen LogP contribution in [-0.2, 0) is 9.53 Å². The van der Waals surface area contributed by atoms with Gasteiger partial charge >= 0.3 is 5.97 Å². The summed E-state index contributed by atoms with van der Waals surface area (Å²) in [6.45, 7) is 4.99. The summed E-state index contributed by atoms with van der Waals surface area (Å²) >= 11 is 0. The first-order chi connectivity index (χ1) is 10.0. The highest BCUT2D eigenvalue weighted by Gasteiger charge is 2.28. The molecule has 0 aromatic carbocycles. The Balaban J connectivity index is 1.96. The summed E-state index contributed by atoms with van der Waals surface area (Å²) < 4.78 is 10.9. The summed E-state index contributed by atoms with van der Waals surface area (Å²) in [5, 5.41) is 0. The monoisotopic (exact) mass is 296 g/mol. The summed E-state index contributed by atoms with van der Waals surface area (Å²) in [6, 6.07) is 1.27. The minimum Gasteiger partial charge on any atom is -0.466 e. The average molecular weight is 296 g/mol. The van der Waals surface area contributed by atoms with Crippen LogP contribution in [0.4, 0.5) is 0 Å². The molecule has 0 unspecified atom stereocenters. The van der Waals surface area contributed by atoms with Crippen molar-refractivity contribution in [3.05, 3.63) is 22.2 Å². The van der Waals surface area contributed by atoms with E-state index in [9.17, 15) is 14.4 Å². The van der Waals surface area contributed by atoms with Crippen LogP contribution in [0.3, 0.4) is 0 Å². The van der Waals surface area contributed by atoms with Gasteiger partial charge in [-0.3, -0.25) is 19.3 Å². The molecule has 7 nitrogen and oxygen atoms in total. The molecular weight excluding hydrogens is 276 g/mol. The molecule has 1 aromatic heterocycles. The van der Waals surface area contributed by atoms with E-state index in [4.69, 9.17) is 9.26 Å². The maximum atomic E-state index is 12.1. The van der Waals surface area contributed by atoms with Gasteiger partial charge in [-0.2, -0.15) is 0 Å². The number of carbonyl (C=O) groups is 2. The number of ether oxygens (including phenoxy) is 1. The van der Waals surface area contributed by atoms with Gasteiger partial charge in [0.05, 0.1) is 19.1 Å². The first-order valence-corrected chi connectivity index (χ1v) is 7.13. The fourth-order valence-electron chi connectivity index (χ4n) is 2.53. The van der Waals surface area contributed by atoms with Gasteiger partial charge in [0.15, 0.2) is 0 Å². The zero-order valence-electron chi connectivity index (χ0n) is 12.3. The zero-order valence-corrected chi connectivity index (χ0v) is 12.3. The van der Waals surface area contributed by atoms with Gasteiger partial charge in [0.25, 0.3) is 11.5 Å². The summed E-state index contributed by atoms with van der Waals surface area (Å²) in [4.78, 5) is 37.2. The van der Waals surface area contributed by atoms with Gasteiger partial charge < -0.3 is 9.26 Å². The number of aryl methyl sites for hydroxylation is 1. The van der Waals surface area contributed by atoms with Crippen molar-refractivity contribution in [2.45, 2.75) is 26.7 Å². The van der Waals surface area contributed by atoms with Crippen molar-refractivity contribution in [1.82, 2.24) is 9.64 Å². The molecular formula is C14H20N2O5. The first-order valence-electron chi connectivity index (χ1n) is 7.13. The van der Waals surface area contributed by atoms with Crippen LogP contribution in [0, 0.1) is 12.8 Å². The molecule has 1 aliphatic heterocycles. The Kier molecular flexibility index (Phi) is 4.95. The third-order valence-electron chi connectivity index (χ3n) is 3.47. The number of rotatable bonds is 4. The normalized spacial score (nSPS) is 19.4. The quantitative estimate of drug-likeness (QED) is 0.759. The van der Waals surface area contributed by atoms with Crippen LogP contribution in [0.2, 0.25) is 0 Å². The lowest BCUT2D eigenvalue weighted by atomic mass is 9.98. The summed E-state index contributed by atoms with van der Waals surface area (Å²) in [5.74, 6) is -0.448. The lowest BCUT2D eigenvalue weighted by molar-refractivity contribution is -0.149. The molecule has 21 heavy (non-hydrogen) atoms. The van der Waals surface area contributed by atoms with E-state index in [0.29, 0.717) is 18.9 Å². The number of esters is 1. The Hall–Kier alpha value is -1.89. The third-order valence-corrected chi connectivity index (χ3v) is 3.47. The molecule has 1 fully saturated rings. The summed E-state index contributed by atoms with van der Waals surface area (Å²) in [7, 11) is 0. The van der Waals surface area contributed by atoms with Crippen LogP contribution in [0.5, 0.6) is 0 Å². The molecule has 116 valence electrons. The van der Waals surface area contributed by atoms with Gasteiger partial charge in [-0.05, 0) is 33.2 Å². The second kappa shape index (κ2) is 6.71. The molecule has 0 spiro atoms. The van der Waals surface area contributed by atoms with Crippen molar-refractivity contribution in [3.8, 4) is 0 Å². The van der Waals surface area contributed by atoms with E-state index in [-0.39, 0.29) is 18.4 Å². The standard InChI is InChI=1S/C14H20N2O5/c1-3-20-14(19)11-5-4-6-15(8-11)9-13(18)16-12(17)7-10(2)21-16/h7,11H,3-6,8-9H2,1-2H3/t11-/m0/s1. The highest BCUT2D eigenvalue weighted by Crippen LogP contribution is 2.17. The van der Waals surface area contributed by atoms with E-state index in [0.717, 1.165) is 24.1 Å². The van der Waals surface area contributed by atoms with Crippen molar-refractivity contribution in [2.24, 2.45) is 5.92 Å². The molecule has 0 aliphatic carbocycles. The van der Waals surface area contributed by atoms with Crippen molar-refractivity contribution in [1.29, 1.82) is 0 Å². The Morgan fingerprint density at radius 3 is 2.86 bits per heavy atom. The molecule has 7 heteroatoms. The van der Waals surface area contributed by atoms with Gasteiger partial charge in [-0.1, -0.05) is 0 Å². The van der Waals surface area contributed by atoms with Crippen LogP contribution in [0.1, 0.15) is 30.3 Å². The summed E-state index contributed by atoms with van der Waals surface area (Å²) in [5.41, 5.74) is -0.462. The molecule has 0 amide bonds. The van der Waals surface area contributed by atoms with Gasteiger partial charge in [-0.25, -0.2) is 0 Å². The molecule has 2 heterocycles. The highest BCUT2D eigenvalue weighted by molar-refractivity contribution is 5.79. The van der Waals surface area contributed by atoms with E-state index in [1.165, 1.54) is 6.07 Å². The number of piperidine rings is 1. The minimum atomic E-state index is -0.462. The largest absolute Gasteiger partial charge is 0.466 e. The molecule has 0 bridgehead atoms. The second-order valence-electron chi connectivity index (χ2n) is 5.20. The number of hydrogen-bond donors (Lipinski definition) is 0. The van der Waals surface area contributed by atoms with Gasteiger partial charge in [0.2, 0.25) is 0 Å². The molecule has 2 rings (SSSR count). The Bertz CT molecular complexity index is 574. The van der Waals surface area contributed by atoms with Gasteiger partial charge in [0, 0.05) is 12.6 Å². The second-order valence-corrected chi connectivity index (χ2v) is 5.20. The smallest absolute Gasteiger partial charge is 0.310 e.